The zero-order valence-electron chi connectivity index (χ0n) is 44.3. The second-order valence-corrected chi connectivity index (χ2v) is 18.1. The summed E-state index contributed by atoms with van der Waals surface area (Å²) in [6.07, 6.45) is 11.0. The molecule has 15 nitrogen and oxygen atoms in total. The lowest BCUT2D eigenvalue weighted by atomic mass is 10.1. The summed E-state index contributed by atoms with van der Waals surface area (Å²) in [6, 6.07) is 39.6. The van der Waals surface area contributed by atoms with Gasteiger partial charge in [-0.3, -0.25) is 33.5 Å². The van der Waals surface area contributed by atoms with Crippen LogP contribution in [0.3, 0.4) is 0 Å². The van der Waals surface area contributed by atoms with Gasteiger partial charge >= 0.3 is 0 Å². The van der Waals surface area contributed by atoms with E-state index < -0.39 is 0 Å². The summed E-state index contributed by atoms with van der Waals surface area (Å²) in [7, 11) is 0. The molecule has 9 rings (SSSR count). The fourth-order valence-electron chi connectivity index (χ4n) is 8.40. The molecule has 7 N–H and O–H groups in total. The smallest absolute Gasteiger partial charge is 0.265 e. The van der Waals surface area contributed by atoms with Crippen LogP contribution in [0.4, 0.5) is 0 Å². The zero-order valence-corrected chi connectivity index (χ0v) is 44.3. The maximum atomic E-state index is 12.6. The number of aryl methyl sites for hydroxylation is 6. The Labute approximate surface area is 443 Å². The molecule has 0 fully saturated rings. The summed E-state index contributed by atoms with van der Waals surface area (Å²) in [5.74, 6) is -0.296. The summed E-state index contributed by atoms with van der Waals surface area (Å²) < 4.78 is 1.48. The van der Waals surface area contributed by atoms with Crippen molar-refractivity contribution in [3.63, 3.8) is 0 Å². The number of nitrogens with zero attached hydrogens (tertiary/aromatic N) is 3. The first-order chi connectivity index (χ1) is 36.7. The number of rotatable bonds is 14. The summed E-state index contributed by atoms with van der Waals surface area (Å²) in [4.78, 5) is 80.1. The van der Waals surface area contributed by atoms with E-state index in [0.29, 0.717) is 54.3 Å². The second kappa shape index (κ2) is 27.6. The van der Waals surface area contributed by atoms with Gasteiger partial charge in [-0.15, -0.1) is 0 Å². The lowest BCUT2D eigenvalue weighted by molar-refractivity contribution is 0.0941. The Morgan fingerprint density at radius 3 is 1.29 bits per heavy atom. The average Bonchev–Trinajstić information content (AvgIpc) is 4.28. The molecule has 15 heteroatoms. The minimum atomic E-state index is -0.164. The van der Waals surface area contributed by atoms with Crippen LogP contribution in [-0.2, 0) is 26.2 Å². The van der Waals surface area contributed by atoms with Crippen LogP contribution in [0.15, 0.2) is 157 Å². The molecule has 9 aromatic rings. The highest BCUT2D eigenvalue weighted by atomic mass is 16.2. The highest BCUT2D eigenvalue weighted by Gasteiger charge is 2.19. The van der Waals surface area contributed by atoms with Crippen LogP contribution in [0.25, 0.3) is 0 Å². The molecule has 76 heavy (non-hydrogen) atoms. The molecule has 390 valence electrons. The van der Waals surface area contributed by atoms with E-state index in [0.717, 1.165) is 79.1 Å². The van der Waals surface area contributed by atoms with Crippen molar-refractivity contribution in [2.45, 2.75) is 81.6 Å². The number of aromatic nitrogens is 6. The zero-order chi connectivity index (χ0) is 54.6. The second-order valence-electron chi connectivity index (χ2n) is 18.1. The number of nitrogens with one attached hydrogen (secondary N) is 7. The Morgan fingerprint density at radius 1 is 0.513 bits per heavy atom. The fourth-order valence-corrected chi connectivity index (χ4v) is 8.40. The number of benzene rings is 4. The first kappa shape index (κ1) is 55.9. The standard InChI is InChI=1S/C22H23N3O.C15H16N2O2.C14H16N2O.C10H11N3O/c1-16-20(15-23-13-18-9-5-3-6-10-18)25-17(2)21(16)22(26)24-14-19-11-7-4-8-12-19;1-10-13(9-18)17-11(2)14(10)15(19)16-8-12-6-4-3-5-7-12;1-10-8-15-11(2)13(10)14(17)16-9-12-6-4-3-5-7-12;1-7-5-12-8(2)9(7)10(14)13-4-3-11-6-13/h3-12,15,25H,13-14H2,1-2H3,(H,24,26);3-7,9,17H,8H2,1-2H3,(H,16,19);3-8,15H,9H2,1-2H3,(H,16,17);3-6,12H,1-2H3. The molecular weight excluding hydrogens is 953 g/mol. The number of carbonyl (C=O) groups is 5. The molecule has 0 spiro atoms. The van der Waals surface area contributed by atoms with Crippen molar-refractivity contribution in [2.24, 2.45) is 4.99 Å². The average molecular weight is 1020 g/mol. The monoisotopic (exact) mass is 1020 g/mol. The molecule has 0 aliphatic rings. The quantitative estimate of drug-likeness (QED) is 0.0415. The van der Waals surface area contributed by atoms with Crippen molar-refractivity contribution in [3.8, 4) is 0 Å². The van der Waals surface area contributed by atoms with Crippen LogP contribution in [0, 0.1) is 55.4 Å². The van der Waals surface area contributed by atoms with Gasteiger partial charge in [-0.2, -0.15) is 0 Å². The summed E-state index contributed by atoms with van der Waals surface area (Å²) in [6.45, 7) is 17.2. The first-order valence-corrected chi connectivity index (χ1v) is 24.8. The van der Waals surface area contributed by atoms with E-state index in [1.807, 2.05) is 181 Å². The van der Waals surface area contributed by atoms with Crippen LogP contribution in [0.5, 0.6) is 0 Å². The number of carbonyl (C=O) groups excluding carboxylic acids is 5. The Bertz CT molecular complexity index is 3310. The van der Waals surface area contributed by atoms with Gasteiger partial charge in [-0.1, -0.05) is 121 Å². The third-order valence-corrected chi connectivity index (χ3v) is 12.5. The van der Waals surface area contributed by atoms with Gasteiger partial charge in [0.1, 0.15) is 6.33 Å². The van der Waals surface area contributed by atoms with E-state index in [1.165, 1.54) is 10.9 Å². The van der Waals surface area contributed by atoms with Crippen LogP contribution >= 0.6 is 0 Å². The van der Waals surface area contributed by atoms with E-state index >= 15 is 0 Å². The predicted molar refractivity (Wildman–Crippen MR) is 299 cm³/mol. The Morgan fingerprint density at radius 2 is 0.908 bits per heavy atom. The third kappa shape index (κ3) is 15.3. The third-order valence-electron chi connectivity index (χ3n) is 12.5. The van der Waals surface area contributed by atoms with E-state index in [4.69, 9.17) is 0 Å². The number of aldehydes is 1. The number of hydrogen-bond acceptors (Lipinski definition) is 7. The SMILES string of the molecule is Cc1[nH]c(C=NCc2ccccc2)c(C)c1C(=O)NCc1ccccc1.Cc1[nH]c(C=O)c(C)c1C(=O)NCc1ccccc1.Cc1c[nH]c(C)c1C(=O)NCc1ccccc1.Cc1c[nH]c(C)c1C(=O)n1ccnc1. The lowest BCUT2D eigenvalue weighted by Crippen LogP contribution is -2.23. The number of imidazole rings is 1. The lowest BCUT2D eigenvalue weighted by Gasteiger charge is -2.06. The largest absolute Gasteiger partial charge is 0.364 e. The van der Waals surface area contributed by atoms with Gasteiger partial charge in [-0.05, 0) is 99.9 Å². The number of aromatic amines is 4. The van der Waals surface area contributed by atoms with Crippen LogP contribution in [-0.4, -0.2) is 65.6 Å². The van der Waals surface area contributed by atoms with Crippen LogP contribution < -0.4 is 16.0 Å². The molecule has 5 heterocycles. The molecule has 0 aliphatic carbocycles. The molecule has 4 aromatic carbocycles. The van der Waals surface area contributed by atoms with Gasteiger partial charge in [0, 0.05) is 73.4 Å². The van der Waals surface area contributed by atoms with Crippen LogP contribution in [0.2, 0.25) is 0 Å². The van der Waals surface area contributed by atoms with Gasteiger partial charge in [0.25, 0.3) is 23.6 Å². The van der Waals surface area contributed by atoms with Gasteiger partial charge in [-0.25, -0.2) is 4.98 Å². The van der Waals surface area contributed by atoms with E-state index in [-0.39, 0.29) is 23.6 Å². The molecule has 3 amide bonds. The van der Waals surface area contributed by atoms with Crippen molar-refractivity contribution in [3.05, 3.63) is 253 Å². The minimum absolute atomic E-state index is 0.0231. The topological polar surface area (TPSA) is 215 Å². The summed E-state index contributed by atoms with van der Waals surface area (Å²) in [5, 5.41) is 8.77. The van der Waals surface area contributed by atoms with Gasteiger partial charge in [0.15, 0.2) is 6.29 Å². The molecular formula is C61H66N10O5. The fraction of sp³-hybridized carbons (Fsp3) is 0.197. The number of amides is 3. The van der Waals surface area contributed by atoms with Gasteiger partial charge in [0.2, 0.25) is 0 Å². The molecule has 0 bridgehead atoms. The van der Waals surface area contributed by atoms with E-state index in [9.17, 15) is 24.0 Å². The number of hydrogen-bond donors (Lipinski definition) is 7. The molecule has 0 saturated carbocycles. The summed E-state index contributed by atoms with van der Waals surface area (Å²) >= 11 is 0. The maximum Gasteiger partial charge on any atom is 0.265 e. The minimum Gasteiger partial charge on any atom is -0.364 e. The number of aliphatic imine (C=N–C) groups is 1. The molecule has 0 saturated heterocycles. The van der Waals surface area contributed by atoms with Crippen molar-refractivity contribution in [1.82, 2.24) is 45.4 Å². The predicted octanol–water partition coefficient (Wildman–Crippen LogP) is 10.6. The van der Waals surface area contributed by atoms with E-state index in [1.54, 1.807) is 26.2 Å². The molecule has 0 radical (unpaired) electrons. The van der Waals surface area contributed by atoms with Crippen molar-refractivity contribution >= 4 is 36.1 Å². The normalized spacial score (nSPS) is 10.5. The Hall–Kier alpha value is -9.37. The summed E-state index contributed by atoms with van der Waals surface area (Å²) in [5.41, 5.74) is 15.4. The molecule has 0 unspecified atom stereocenters. The Balaban J connectivity index is 0.000000169. The number of H-pyrrole nitrogens is 4. The highest BCUT2D eigenvalue weighted by Crippen LogP contribution is 2.19. The van der Waals surface area contributed by atoms with Gasteiger partial charge in [0.05, 0.1) is 40.2 Å². The first-order valence-electron chi connectivity index (χ1n) is 24.8. The van der Waals surface area contributed by atoms with Crippen molar-refractivity contribution < 1.29 is 24.0 Å². The van der Waals surface area contributed by atoms with Gasteiger partial charge < -0.3 is 35.9 Å². The Kier molecular flexibility index (Phi) is 20.3. The molecule has 0 aliphatic heterocycles. The van der Waals surface area contributed by atoms with Crippen LogP contribution in [0.1, 0.15) is 125 Å². The maximum absolute atomic E-state index is 12.6. The highest BCUT2D eigenvalue weighted by molar-refractivity contribution is 6.00. The van der Waals surface area contributed by atoms with Crippen molar-refractivity contribution in [2.75, 3.05) is 0 Å². The molecule has 0 atom stereocenters. The van der Waals surface area contributed by atoms with Crippen molar-refractivity contribution in [1.29, 1.82) is 0 Å². The van der Waals surface area contributed by atoms with E-state index in [2.05, 4.69) is 45.9 Å². The molecule has 5 aromatic heterocycles.